The number of carboxylic acid groups (broad SMARTS) is 1. The number of hydrogen-bond donors (Lipinski definition) is 2. The molecule has 0 aromatic heterocycles. The van der Waals surface area contributed by atoms with Gasteiger partial charge in [0.05, 0.1) is 0 Å². The summed E-state index contributed by atoms with van der Waals surface area (Å²) in [4.78, 5) is 11.2. The van der Waals surface area contributed by atoms with Crippen LogP contribution < -0.4 is 5.32 Å². The Morgan fingerprint density at radius 1 is 1.25 bits per heavy atom. The summed E-state index contributed by atoms with van der Waals surface area (Å²) in [5.74, 6) is 1.15. The Morgan fingerprint density at radius 3 is 2.44 bits per heavy atom. The fraction of sp³-hybridized carbons (Fsp3) is 0.923. The average Bonchev–Trinajstić information content (AvgIpc) is 2.99. The summed E-state index contributed by atoms with van der Waals surface area (Å²) in [6.07, 6.45) is 5.77. The van der Waals surface area contributed by atoms with Crippen molar-refractivity contribution < 1.29 is 9.90 Å². The van der Waals surface area contributed by atoms with Crippen LogP contribution in [0.5, 0.6) is 0 Å². The molecule has 0 aliphatic heterocycles. The van der Waals surface area contributed by atoms with Crippen molar-refractivity contribution in [2.24, 2.45) is 17.8 Å². The van der Waals surface area contributed by atoms with E-state index in [1.54, 1.807) is 0 Å². The van der Waals surface area contributed by atoms with Crippen molar-refractivity contribution >= 4 is 5.97 Å². The highest BCUT2D eigenvalue weighted by Gasteiger charge is 2.38. The van der Waals surface area contributed by atoms with Crippen LogP contribution in [0.15, 0.2) is 0 Å². The van der Waals surface area contributed by atoms with Crippen LogP contribution in [0.2, 0.25) is 0 Å². The fourth-order valence-corrected chi connectivity index (χ4v) is 2.98. The Hall–Kier alpha value is -0.570. The molecule has 16 heavy (non-hydrogen) atoms. The van der Waals surface area contributed by atoms with E-state index >= 15 is 0 Å². The van der Waals surface area contributed by atoms with E-state index in [1.807, 2.05) is 0 Å². The maximum absolute atomic E-state index is 11.2. The molecule has 2 aliphatic carbocycles. The Labute approximate surface area is 97.6 Å². The molecule has 0 spiro atoms. The van der Waals surface area contributed by atoms with Crippen molar-refractivity contribution in [3.8, 4) is 0 Å². The van der Waals surface area contributed by atoms with Gasteiger partial charge in [-0.3, -0.25) is 4.79 Å². The molecule has 0 bridgehead atoms. The molecule has 0 aromatic carbocycles. The second-order valence-corrected chi connectivity index (χ2v) is 5.82. The first-order valence-electron chi connectivity index (χ1n) is 6.56. The molecule has 92 valence electrons. The molecule has 0 radical (unpaired) electrons. The lowest BCUT2D eigenvalue weighted by Gasteiger charge is -2.35. The minimum atomic E-state index is -0.659. The number of carbonyl (C=O) groups is 1. The SMILES string of the molecule is CC1CCC(NC(C(=O)O)C2CC2)C(C)C1. The van der Waals surface area contributed by atoms with E-state index in [9.17, 15) is 9.90 Å². The van der Waals surface area contributed by atoms with Gasteiger partial charge in [0.15, 0.2) is 0 Å². The van der Waals surface area contributed by atoms with E-state index in [0.29, 0.717) is 17.9 Å². The van der Waals surface area contributed by atoms with Gasteiger partial charge < -0.3 is 10.4 Å². The average molecular weight is 225 g/mol. The predicted octanol–water partition coefficient (Wildman–Crippen LogP) is 2.26. The molecule has 2 N–H and O–H groups in total. The standard InChI is InChI=1S/C13H23NO2/c1-8-3-6-11(9(2)7-8)14-12(13(15)16)10-4-5-10/h8-12,14H,3-7H2,1-2H3,(H,15,16). The van der Waals surface area contributed by atoms with Crippen LogP contribution in [0.25, 0.3) is 0 Å². The molecular formula is C13H23NO2. The van der Waals surface area contributed by atoms with Crippen molar-refractivity contribution in [3.05, 3.63) is 0 Å². The minimum Gasteiger partial charge on any atom is -0.480 e. The van der Waals surface area contributed by atoms with Crippen LogP contribution in [0.1, 0.15) is 46.0 Å². The number of carboxylic acids is 1. The van der Waals surface area contributed by atoms with E-state index in [1.165, 1.54) is 12.8 Å². The van der Waals surface area contributed by atoms with Gasteiger partial charge in [0.25, 0.3) is 0 Å². The Morgan fingerprint density at radius 2 is 1.94 bits per heavy atom. The smallest absolute Gasteiger partial charge is 0.320 e. The highest BCUT2D eigenvalue weighted by molar-refractivity contribution is 5.74. The molecule has 2 fully saturated rings. The quantitative estimate of drug-likeness (QED) is 0.771. The largest absolute Gasteiger partial charge is 0.480 e. The van der Waals surface area contributed by atoms with Crippen molar-refractivity contribution in [1.82, 2.24) is 5.32 Å². The molecule has 0 saturated heterocycles. The molecule has 3 heteroatoms. The first-order valence-corrected chi connectivity index (χ1v) is 6.56. The zero-order valence-corrected chi connectivity index (χ0v) is 10.3. The molecule has 0 amide bonds. The van der Waals surface area contributed by atoms with Crippen LogP contribution >= 0.6 is 0 Å². The Balaban J connectivity index is 1.89. The van der Waals surface area contributed by atoms with Gasteiger partial charge in [0.2, 0.25) is 0 Å². The second kappa shape index (κ2) is 4.74. The first kappa shape index (κ1) is 11.9. The lowest BCUT2D eigenvalue weighted by molar-refractivity contribution is -0.140. The first-order chi connectivity index (χ1) is 7.58. The van der Waals surface area contributed by atoms with Crippen molar-refractivity contribution in [3.63, 3.8) is 0 Å². The third-order valence-corrected chi connectivity index (χ3v) is 4.18. The normalized spacial score (nSPS) is 37.0. The molecule has 0 heterocycles. The monoisotopic (exact) mass is 225 g/mol. The number of hydrogen-bond acceptors (Lipinski definition) is 2. The summed E-state index contributed by atoms with van der Waals surface area (Å²) in [6, 6.07) is 0.124. The molecule has 4 atom stereocenters. The molecule has 0 aromatic rings. The van der Waals surface area contributed by atoms with Gasteiger partial charge in [-0.15, -0.1) is 0 Å². The highest BCUT2D eigenvalue weighted by Crippen LogP contribution is 2.35. The zero-order valence-electron chi connectivity index (χ0n) is 10.3. The van der Waals surface area contributed by atoms with Crippen molar-refractivity contribution in [2.45, 2.75) is 58.0 Å². The summed E-state index contributed by atoms with van der Waals surface area (Å²) in [5, 5.41) is 12.6. The summed E-state index contributed by atoms with van der Waals surface area (Å²) in [7, 11) is 0. The zero-order chi connectivity index (χ0) is 11.7. The lowest BCUT2D eigenvalue weighted by Crippen LogP contribution is -2.49. The lowest BCUT2D eigenvalue weighted by atomic mass is 9.79. The maximum Gasteiger partial charge on any atom is 0.320 e. The molecular weight excluding hydrogens is 202 g/mol. The van der Waals surface area contributed by atoms with Gasteiger partial charge in [-0.05, 0) is 49.9 Å². The van der Waals surface area contributed by atoms with Gasteiger partial charge in [-0.25, -0.2) is 0 Å². The molecule has 2 saturated carbocycles. The third kappa shape index (κ3) is 2.76. The molecule has 2 rings (SSSR count). The van der Waals surface area contributed by atoms with E-state index < -0.39 is 5.97 Å². The van der Waals surface area contributed by atoms with Gasteiger partial charge in [-0.2, -0.15) is 0 Å². The number of rotatable bonds is 4. The maximum atomic E-state index is 11.2. The van der Waals surface area contributed by atoms with E-state index in [4.69, 9.17) is 0 Å². The van der Waals surface area contributed by atoms with Crippen LogP contribution in [0.3, 0.4) is 0 Å². The minimum absolute atomic E-state index is 0.291. The molecule has 4 unspecified atom stereocenters. The summed E-state index contributed by atoms with van der Waals surface area (Å²) in [5.41, 5.74) is 0. The van der Waals surface area contributed by atoms with Crippen molar-refractivity contribution in [1.29, 1.82) is 0 Å². The number of nitrogens with one attached hydrogen (secondary N) is 1. The Kier molecular flexibility index (Phi) is 3.53. The van der Waals surface area contributed by atoms with Gasteiger partial charge in [0, 0.05) is 6.04 Å². The van der Waals surface area contributed by atoms with Crippen molar-refractivity contribution in [2.75, 3.05) is 0 Å². The van der Waals surface area contributed by atoms with Crippen LogP contribution in [0, 0.1) is 17.8 Å². The fourth-order valence-electron chi connectivity index (χ4n) is 2.98. The van der Waals surface area contributed by atoms with Crippen LogP contribution in [-0.4, -0.2) is 23.2 Å². The van der Waals surface area contributed by atoms with Crippen LogP contribution in [-0.2, 0) is 4.79 Å². The summed E-state index contributed by atoms with van der Waals surface area (Å²) >= 11 is 0. The van der Waals surface area contributed by atoms with E-state index in [-0.39, 0.29) is 6.04 Å². The Bertz CT molecular complexity index is 263. The van der Waals surface area contributed by atoms with Gasteiger partial charge in [0.1, 0.15) is 6.04 Å². The molecule has 3 nitrogen and oxygen atoms in total. The topological polar surface area (TPSA) is 49.3 Å². The van der Waals surface area contributed by atoms with E-state index in [0.717, 1.165) is 25.2 Å². The van der Waals surface area contributed by atoms with Gasteiger partial charge >= 0.3 is 5.97 Å². The highest BCUT2D eigenvalue weighted by atomic mass is 16.4. The van der Waals surface area contributed by atoms with E-state index in [2.05, 4.69) is 19.2 Å². The van der Waals surface area contributed by atoms with Crippen LogP contribution in [0.4, 0.5) is 0 Å². The summed E-state index contributed by atoms with van der Waals surface area (Å²) in [6.45, 7) is 4.54. The third-order valence-electron chi connectivity index (χ3n) is 4.18. The molecule has 2 aliphatic rings. The summed E-state index contributed by atoms with van der Waals surface area (Å²) < 4.78 is 0. The second-order valence-electron chi connectivity index (χ2n) is 5.82. The van der Waals surface area contributed by atoms with Gasteiger partial charge in [-0.1, -0.05) is 13.8 Å². The predicted molar refractivity (Wildman–Crippen MR) is 63.3 cm³/mol. The number of aliphatic carboxylic acids is 1.